The lowest BCUT2D eigenvalue weighted by Gasteiger charge is -2.14. The van der Waals surface area contributed by atoms with Gasteiger partial charge in [0, 0.05) is 11.8 Å². The number of amides is 1. The van der Waals surface area contributed by atoms with Crippen LogP contribution in [0.2, 0.25) is 0 Å². The van der Waals surface area contributed by atoms with Gasteiger partial charge in [-0.2, -0.15) is 11.8 Å². The Balaban J connectivity index is 1.93. The molecule has 0 spiro atoms. The van der Waals surface area contributed by atoms with Crippen molar-refractivity contribution in [2.45, 2.75) is 31.8 Å². The van der Waals surface area contributed by atoms with Gasteiger partial charge in [-0.25, -0.2) is 0 Å². The molecule has 1 aromatic rings. The van der Waals surface area contributed by atoms with Crippen LogP contribution in [0.4, 0.5) is 5.69 Å². The molecule has 0 heterocycles. The third-order valence-corrected chi connectivity index (χ3v) is 3.55. The van der Waals surface area contributed by atoms with Gasteiger partial charge in [-0.15, -0.1) is 0 Å². The summed E-state index contributed by atoms with van der Waals surface area (Å²) in [4.78, 5) is 11.5. The maximum absolute atomic E-state index is 11.5. The Kier molecular flexibility index (Phi) is 4.93. The SMILES string of the molecule is CSCC(=O)Nc1cccc(OC2CCCC2)c1. The molecule has 1 amide bonds. The normalized spacial score (nSPS) is 15.6. The second-order valence-electron chi connectivity index (χ2n) is 4.53. The molecule has 1 aliphatic rings. The zero-order valence-corrected chi connectivity index (χ0v) is 11.5. The van der Waals surface area contributed by atoms with E-state index in [0.29, 0.717) is 11.9 Å². The minimum atomic E-state index is 0.0283. The van der Waals surface area contributed by atoms with Gasteiger partial charge in [0.15, 0.2) is 0 Å². The standard InChI is InChI=1S/C14H19NO2S/c1-18-10-14(16)15-11-5-4-8-13(9-11)17-12-6-2-3-7-12/h4-5,8-9,12H,2-3,6-7,10H2,1H3,(H,15,16). The summed E-state index contributed by atoms with van der Waals surface area (Å²) in [5, 5.41) is 2.87. The van der Waals surface area contributed by atoms with E-state index in [9.17, 15) is 4.79 Å². The highest BCUT2D eigenvalue weighted by atomic mass is 32.2. The Morgan fingerprint density at radius 3 is 2.94 bits per heavy atom. The predicted molar refractivity (Wildman–Crippen MR) is 76.3 cm³/mol. The van der Waals surface area contributed by atoms with Crippen LogP contribution in [-0.4, -0.2) is 24.0 Å². The Morgan fingerprint density at radius 1 is 1.44 bits per heavy atom. The molecule has 0 unspecified atom stereocenters. The van der Waals surface area contributed by atoms with Crippen LogP contribution in [-0.2, 0) is 4.79 Å². The lowest BCUT2D eigenvalue weighted by Crippen LogP contribution is -2.14. The van der Waals surface area contributed by atoms with Crippen molar-refractivity contribution >= 4 is 23.4 Å². The lowest BCUT2D eigenvalue weighted by atomic mass is 10.2. The molecule has 18 heavy (non-hydrogen) atoms. The fourth-order valence-corrected chi connectivity index (χ4v) is 2.51. The van der Waals surface area contributed by atoms with E-state index >= 15 is 0 Å². The summed E-state index contributed by atoms with van der Waals surface area (Å²) in [5.74, 6) is 1.36. The maximum Gasteiger partial charge on any atom is 0.234 e. The molecule has 0 radical (unpaired) electrons. The van der Waals surface area contributed by atoms with Gasteiger partial charge < -0.3 is 10.1 Å². The zero-order chi connectivity index (χ0) is 12.8. The highest BCUT2D eigenvalue weighted by Gasteiger charge is 2.16. The van der Waals surface area contributed by atoms with Crippen LogP contribution < -0.4 is 10.1 Å². The molecule has 1 N–H and O–H groups in total. The third-order valence-electron chi connectivity index (χ3n) is 3.00. The fourth-order valence-electron chi connectivity index (χ4n) is 2.17. The van der Waals surface area contributed by atoms with Crippen LogP contribution in [0.25, 0.3) is 0 Å². The fraction of sp³-hybridized carbons (Fsp3) is 0.500. The molecule has 1 aromatic carbocycles. The summed E-state index contributed by atoms with van der Waals surface area (Å²) in [7, 11) is 0. The number of thioether (sulfide) groups is 1. The smallest absolute Gasteiger partial charge is 0.234 e. The summed E-state index contributed by atoms with van der Waals surface area (Å²) in [6.45, 7) is 0. The largest absolute Gasteiger partial charge is 0.490 e. The summed E-state index contributed by atoms with van der Waals surface area (Å²) < 4.78 is 5.90. The van der Waals surface area contributed by atoms with Crippen LogP contribution >= 0.6 is 11.8 Å². The lowest BCUT2D eigenvalue weighted by molar-refractivity contribution is -0.113. The van der Waals surface area contributed by atoms with Gasteiger partial charge in [0.2, 0.25) is 5.91 Å². The maximum atomic E-state index is 11.5. The van der Waals surface area contributed by atoms with Crippen molar-refractivity contribution in [3.8, 4) is 5.75 Å². The highest BCUT2D eigenvalue weighted by Crippen LogP contribution is 2.25. The Bertz CT molecular complexity index is 403. The number of hydrogen-bond acceptors (Lipinski definition) is 3. The molecule has 0 bridgehead atoms. The van der Waals surface area contributed by atoms with Crippen LogP contribution in [0, 0.1) is 0 Å². The summed E-state index contributed by atoms with van der Waals surface area (Å²) >= 11 is 1.52. The van der Waals surface area contributed by atoms with E-state index in [0.717, 1.165) is 24.3 Å². The quantitative estimate of drug-likeness (QED) is 0.887. The number of hydrogen-bond donors (Lipinski definition) is 1. The van der Waals surface area contributed by atoms with Crippen LogP contribution in [0.1, 0.15) is 25.7 Å². The predicted octanol–water partition coefficient (Wildman–Crippen LogP) is 3.31. The van der Waals surface area contributed by atoms with E-state index < -0.39 is 0 Å². The van der Waals surface area contributed by atoms with Crippen molar-refractivity contribution in [3.63, 3.8) is 0 Å². The van der Waals surface area contributed by atoms with Gasteiger partial charge in [-0.1, -0.05) is 6.07 Å². The zero-order valence-electron chi connectivity index (χ0n) is 10.6. The first-order valence-electron chi connectivity index (χ1n) is 6.33. The molecule has 0 aromatic heterocycles. The van der Waals surface area contributed by atoms with Crippen molar-refractivity contribution in [2.24, 2.45) is 0 Å². The molecular formula is C14H19NO2S. The topological polar surface area (TPSA) is 38.3 Å². The van der Waals surface area contributed by atoms with Crippen molar-refractivity contribution in [1.29, 1.82) is 0 Å². The summed E-state index contributed by atoms with van der Waals surface area (Å²) in [6, 6.07) is 7.65. The van der Waals surface area contributed by atoms with E-state index in [1.54, 1.807) is 0 Å². The molecule has 1 aliphatic carbocycles. The van der Waals surface area contributed by atoms with E-state index in [4.69, 9.17) is 4.74 Å². The molecule has 4 heteroatoms. The monoisotopic (exact) mass is 265 g/mol. The first-order chi connectivity index (χ1) is 8.78. The number of rotatable bonds is 5. The number of carbonyl (C=O) groups is 1. The van der Waals surface area contributed by atoms with Gasteiger partial charge in [0.25, 0.3) is 0 Å². The summed E-state index contributed by atoms with van der Waals surface area (Å²) in [6.07, 6.45) is 7.07. The second kappa shape index (κ2) is 6.69. The van der Waals surface area contributed by atoms with E-state index in [1.807, 2.05) is 30.5 Å². The van der Waals surface area contributed by atoms with Crippen molar-refractivity contribution in [3.05, 3.63) is 24.3 Å². The second-order valence-corrected chi connectivity index (χ2v) is 5.40. The van der Waals surface area contributed by atoms with Gasteiger partial charge in [-0.05, 0) is 44.1 Å². The molecule has 98 valence electrons. The first kappa shape index (κ1) is 13.3. The van der Waals surface area contributed by atoms with E-state index in [2.05, 4.69) is 5.32 Å². The van der Waals surface area contributed by atoms with Gasteiger partial charge in [-0.3, -0.25) is 4.79 Å². The molecule has 2 rings (SSSR count). The Labute approximate surface area is 112 Å². The molecule has 0 atom stereocenters. The number of nitrogens with one attached hydrogen (secondary N) is 1. The first-order valence-corrected chi connectivity index (χ1v) is 7.73. The van der Waals surface area contributed by atoms with Gasteiger partial charge >= 0.3 is 0 Å². The average Bonchev–Trinajstić information content (AvgIpc) is 2.82. The third kappa shape index (κ3) is 3.95. The Morgan fingerprint density at radius 2 is 2.22 bits per heavy atom. The number of ether oxygens (including phenoxy) is 1. The Hall–Kier alpha value is -1.16. The van der Waals surface area contributed by atoms with E-state index in [1.165, 1.54) is 24.6 Å². The molecule has 0 aliphatic heterocycles. The van der Waals surface area contributed by atoms with Gasteiger partial charge in [0.1, 0.15) is 5.75 Å². The van der Waals surface area contributed by atoms with Crippen molar-refractivity contribution in [2.75, 3.05) is 17.3 Å². The molecule has 1 saturated carbocycles. The number of anilines is 1. The van der Waals surface area contributed by atoms with Crippen LogP contribution in [0.3, 0.4) is 0 Å². The van der Waals surface area contributed by atoms with Gasteiger partial charge in [0.05, 0.1) is 11.9 Å². The minimum absolute atomic E-state index is 0.0283. The highest BCUT2D eigenvalue weighted by molar-refractivity contribution is 7.99. The van der Waals surface area contributed by atoms with Crippen LogP contribution in [0.15, 0.2) is 24.3 Å². The molecule has 0 saturated heterocycles. The molecular weight excluding hydrogens is 246 g/mol. The summed E-state index contributed by atoms with van der Waals surface area (Å²) in [5.41, 5.74) is 0.810. The van der Waals surface area contributed by atoms with Crippen molar-refractivity contribution < 1.29 is 9.53 Å². The minimum Gasteiger partial charge on any atom is -0.490 e. The molecule has 1 fully saturated rings. The van der Waals surface area contributed by atoms with Crippen LogP contribution in [0.5, 0.6) is 5.75 Å². The average molecular weight is 265 g/mol. The molecule has 3 nitrogen and oxygen atoms in total. The number of benzene rings is 1. The van der Waals surface area contributed by atoms with Crippen molar-refractivity contribution in [1.82, 2.24) is 0 Å². The number of carbonyl (C=O) groups excluding carboxylic acids is 1. The van der Waals surface area contributed by atoms with E-state index in [-0.39, 0.29) is 5.91 Å².